The molecule has 1 saturated heterocycles. The second-order valence-corrected chi connectivity index (χ2v) is 8.54. The summed E-state index contributed by atoms with van der Waals surface area (Å²) in [6, 6.07) is 14.8. The van der Waals surface area contributed by atoms with Crippen molar-refractivity contribution >= 4 is 11.8 Å². The van der Waals surface area contributed by atoms with Crippen LogP contribution in [0, 0.1) is 0 Å². The smallest absolute Gasteiger partial charge is 0.253 e. The fourth-order valence-electron chi connectivity index (χ4n) is 4.43. The van der Waals surface area contributed by atoms with E-state index in [0.29, 0.717) is 30.8 Å². The predicted molar refractivity (Wildman–Crippen MR) is 121 cm³/mol. The molecule has 2 aliphatic heterocycles. The Labute approximate surface area is 188 Å². The van der Waals surface area contributed by atoms with Gasteiger partial charge < -0.3 is 25.4 Å². The first-order valence-corrected chi connectivity index (χ1v) is 11.2. The topological polar surface area (TPSA) is 90.9 Å². The first-order chi connectivity index (χ1) is 15.5. The minimum absolute atomic E-state index is 0.0226. The van der Waals surface area contributed by atoms with Gasteiger partial charge >= 0.3 is 0 Å². The number of likely N-dealkylation sites (tertiary alicyclic amines) is 1. The quantitative estimate of drug-likeness (QED) is 0.641. The van der Waals surface area contributed by atoms with Crippen molar-refractivity contribution in [2.24, 2.45) is 0 Å². The summed E-state index contributed by atoms with van der Waals surface area (Å²) in [6.45, 7) is 2.23. The number of ether oxygens (including phenoxy) is 1. The highest BCUT2D eigenvalue weighted by Gasteiger charge is 2.25. The van der Waals surface area contributed by atoms with Crippen molar-refractivity contribution in [1.29, 1.82) is 0 Å². The number of nitrogens with one attached hydrogen (secondary N) is 2. The molecular formula is C25H31N3O4. The lowest BCUT2D eigenvalue weighted by Crippen LogP contribution is -2.49. The lowest BCUT2D eigenvalue weighted by Gasteiger charge is -2.31. The van der Waals surface area contributed by atoms with Gasteiger partial charge in [0, 0.05) is 50.5 Å². The number of benzene rings is 2. The molecule has 1 unspecified atom stereocenters. The van der Waals surface area contributed by atoms with Crippen LogP contribution in [0.1, 0.15) is 44.7 Å². The van der Waals surface area contributed by atoms with E-state index in [9.17, 15) is 14.7 Å². The average Bonchev–Trinajstić information content (AvgIpc) is 2.86. The number of carbonyl (C=O) groups excluding carboxylic acids is 2. The van der Waals surface area contributed by atoms with Crippen molar-refractivity contribution in [3.63, 3.8) is 0 Å². The highest BCUT2D eigenvalue weighted by Crippen LogP contribution is 2.18. The number of fused-ring (bicyclic) bond motifs is 1. The molecule has 0 aliphatic carbocycles. The third-order valence-electron chi connectivity index (χ3n) is 6.51. The van der Waals surface area contributed by atoms with E-state index in [4.69, 9.17) is 4.74 Å². The Morgan fingerprint density at radius 2 is 1.75 bits per heavy atom. The summed E-state index contributed by atoms with van der Waals surface area (Å²) >= 11 is 0. The SMILES string of the molecule is COC1CCN(C(=O)c2ccc(C(=O)NCC(O)[C@@H]3Cc4ccccc4CN3)cc2)CC1. The summed E-state index contributed by atoms with van der Waals surface area (Å²) in [5, 5.41) is 16.7. The van der Waals surface area contributed by atoms with Crippen LogP contribution < -0.4 is 10.6 Å². The van der Waals surface area contributed by atoms with Crippen LogP contribution in [-0.2, 0) is 17.7 Å². The molecule has 2 atom stereocenters. The number of carbonyl (C=O) groups is 2. The number of aliphatic hydroxyl groups is 1. The number of rotatable bonds is 6. The van der Waals surface area contributed by atoms with Gasteiger partial charge in [0.15, 0.2) is 0 Å². The number of nitrogens with zero attached hydrogens (tertiary/aromatic N) is 1. The fourth-order valence-corrected chi connectivity index (χ4v) is 4.43. The van der Waals surface area contributed by atoms with E-state index in [2.05, 4.69) is 22.8 Å². The molecule has 3 N–H and O–H groups in total. The van der Waals surface area contributed by atoms with Crippen LogP contribution in [0.3, 0.4) is 0 Å². The van der Waals surface area contributed by atoms with Crippen molar-refractivity contribution < 1.29 is 19.4 Å². The highest BCUT2D eigenvalue weighted by atomic mass is 16.5. The van der Waals surface area contributed by atoms with Gasteiger partial charge in [-0.1, -0.05) is 24.3 Å². The Bertz CT molecular complexity index is 938. The lowest BCUT2D eigenvalue weighted by molar-refractivity contribution is 0.0350. The van der Waals surface area contributed by atoms with E-state index in [1.54, 1.807) is 31.4 Å². The summed E-state index contributed by atoms with van der Waals surface area (Å²) in [5.74, 6) is -0.286. The molecular weight excluding hydrogens is 406 g/mol. The predicted octanol–water partition coefficient (Wildman–Crippen LogP) is 1.74. The molecule has 0 radical (unpaired) electrons. The monoisotopic (exact) mass is 437 g/mol. The number of aliphatic hydroxyl groups excluding tert-OH is 1. The number of hydrogen-bond acceptors (Lipinski definition) is 5. The zero-order chi connectivity index (χ0) is 22.5. The van der Waals surface area contributed by atoms with Crippen LogP contribution in [0.5, 0.6) is 0 Å². The van der Waals surface area contributed by atoms with Crippen LogP contribution in [0.2, 0.25) is 0 Å². The maximum atomic E-state index is 12.7. The maximum absolute atomic E-state index is 12.7. The van der Waals surface area contributed by atoms with Gasteiger partial charge in [0.1, 0.15) is 0 Å². The second kappa shape index (κ2) is 10.3. The Balaban J connectivity index is 1.27. The van der Waals surface area contributed by atoms with E-state index < -0.39 is 6.10 Å². The summed E-state index contributed by atoms with van der Waals surface area (Å²) in [6.07, 6.45) is 1.94. The zero-order valence-electron chi connectivity index (χ0n) is 18.4. The molecule has 2 aromatic carbocycles. The Morgan fingerprint density at radius 3 is 2.44 bits per heavy atom. The minimum atomic E-state index is -0.691. The van der Waals surface area contributed by atoms with E-state index in [1.807, 2.05) is 17.0 Å². The van der Waals surface area contributed by atoms with Crippen molar-refractivity contribution in [3.8, 4) is 0 Å². The van der Waals surface area contributed by atoms with E-state index >= 15 is 0 Å². The third-order valence-corrected chi connectivity index (χ3v) is 6.51. The van der Waals surface area contributed by atoms with E-state index in [-0.39, 0.29) is 30.5 Å². The first kappa shape index (κ1) is 22.5. The summed E-state index contributed by atoms with van der Waals surface area (Å²) in [5.41, 5.74) is 3.52. The van der Waals surface area contributed by atoms with Gasteiger partial charge in [0.25, 0.3) is 11.8 Å². The van der Waals surface area contributed by atoms with Gasteiger partial charge in [-0.3, -0.25) is 9.59 Å². The Hall–Kier alpha value is -2.74. The van der Waals surface area contributed by atoms with Gasteiger partial charge in [-0.2, -0.15) is 0 Å². The molecule has 2 aliphatic rings. The molecule has 0 spiro atoms. The molecule has 1 fully saturated rings. The Kier molecular flexibility index (Phi) is 7.19. The second-order valence-electron chi connectivity index (χ2n) is 8.54. The molecule has 0 aromatic heterocycles. The van der Waals surface area contributed by atoms with Crippen LogP contribution in [-0.4, -0.2) is 66.8 Å². The molecule has 32 heavy (non-hydrogen) atoms. The van der Waals surface area contributed by atoms with Gasteiger partial charge in [-0.15, -0.1) is 0 Å². The van der Waals surface area contributed by atoms with Crippen LogP contribution in [0.15, 0.2) is 48.5 Å². The molecule has 2 aromatic rings. The summed E-state index contributed by atoms with van der Waals surface area (Å²) in [4.78, 5) is 27.1. The van der Waals surface area contributed by atoms with Crippen LogP contribution in [0.4, 0.5) is 0 Å². The maximum Gasteiger partial charge on any atom is 0.253 e. The molecule has 170 valence electrons. The van der Waals surface area contributed by atoms with Crippen molar-refractivity contribution in [3.05, 3.63) is 70.8 Å². The molecule has 2 heterocycles. The van der Waals surface area contributed by atoms with E-state index in [1.165, 1.54) is 11.1 Å². The molecule has 0 bridgehead atoms. The van der Waals surface area contributed by atoms with Crippen LogP contribution in [0.25, 0.3) is 0 Å². The molecule has 7 heteroatoms. The number of piperidine rings is 1. The highest BCUT2D eigenvalue weighted by molar-refractivity contribution is 5.97. The zero-order valence-corrected chi connectivity index (χ0v) is 18.4. The average molecular weight is 438 g/mol. The molecule has 0 saturated carbocycles. The standard InChI is InChI=1S/C25H31N3O4/c1-32-21-10-12-28(13-11-21)25(31)18-8-6-17(7-9-18)24(30)27-16-23(29)22-14-19-4-2-3-5-20(19)15-26-22/h2-9,21-23,26,29H,10-16H2,1H3,(H,27,30)/t22-,23?/m0/s1. The van der Waals surface area contributed by atoms with Crippen LogP contribution >= 0.6 is 0 Å². The first-order valence-electron chi connectivity index (χ1n) is 11.2. The van der Waals surface area contributed by atoms with Gasteiger partial charge in [-0.05, 0) is 54.7 Å². The minimum Gasteiger partial charge on any atom is -0.390 e. The normalized spacial score (nSPS) is 19.8. The fraction of sp³-hybridized carbons (Fsp3) is 0.440. The molecule has 4 rings (SSSR count). The number of amides is 2. The van der Waals surface area contributed by atoms with Gasteiger partial charge in [0.05, 0.1) is 12.2 Å². The largest absolute Gasteiger partial charge is 0.390 e. The van der Waals surface area contributed by atoms with Crippen molar-refractivity contribution in [2.75, 3.05) is 26.7 Å². The summed E-state index contributed by atoms with van der Waals surface area (Å²) < 4.78 is 5.36. The number of hydrogen-bond donors (Lipinski definition) is 3. The Morgan fingerprint density at radius 1 is 1.09 bits per heavy atom. The number of methoxy groups -OCH3 is 1. The summed E-state index contributed by atoms with van der Waals surface area (Å²) in [7, 11) is 1.70. The lowest BCUT2D eigenvalue weighted by atomic mass is 9.93. The third kappa shape index (κ3) is 5.18. The van der Waals surface area contributed by atoms with Gasteiger partial charge in [-0.25, -0.2) is 0 Å². The van der Waals surface area contributed by atoms with Crippen molar-refractivity contribution in [2.45, 2.75) is 44.1 Å². The molecule has 2 amide bonds. The van der Waals surface area contributed by atoms with Crippen molar-refractivity contribution in [1.82, 2.24) is 15.5 Å². The molecule has 7 nitrogen and oxygen atoms in total. The van der Waals surface area contributed by atoms with E-state index in [0.717, 1.165) is 19.3 Å². The van der Waals surface area contributed by atoms with Gasteiger partial charge in [0.2, 0.25) is 0 Å².